The van der Waals surface area contributed by atoms with Crippen LogP contribution in [0.4, 0.5) is 0 Å². The molecule has 0 saturated carbocycles. The second-order valence-corrected chi connectivity index (χ2v) is 5.15. The number of hydrogen-bond donors (Lipinski definition) is 1. The van der Waals surface area contributed by atoms with Crippen molar-refractivity contribution in [2.75, 3.05) is 0 Å². The van der Waals surface area contributed by atoms with Crippen molar-refractivity contribution in [2.24, 2.45) is 0 Å². The molecule has 0 bridgehead atoms. The van der Waals surface area contributed by atoms with E-state index in [0.717, 1.165) is 10.6 Å². The molecule has 0 aliphatic carbocycles. The molecule has 3 aromatic rings. The SMILES string of the molecule is OC(Cc1cccc2ccccc12)c1nccs1. The average molecular weight is 255 g/mol. The molecule has 2 nitrogen and oxygen atoms in total. The molecular formula is C15H13NOS. The van der Waals surface area contributed by atoms with Gasteiger partial charge in [0.05, 0.1) is 0 Å². The minimum absolute atomic E-state index is 0.518. The van der Waals surface area contributed by atoms with Crippen LogP contribution in [0.3, 0.4) is 0 Å². The van der Waals surface area contributed by atoms with Gasteiger partial charge in [-0.1, -0.05) is 42.5 Å². The molecular weight excluding hydrogens is 242 g/mol. The molecule has 0 radical (unpaired) electrons. The van der Waals surface area contributed by atoms with Crippen molar-refractivity contribution in [2.45, 2.75) is 12.5 Å². The maximum absolute atomic E-state index is 10.2. The lowest BCUT2D eigenvalue weighted by atomic mass is 10.00. The van der Waals surface area contributed by atoms with Gasteiger partial charge in [0.25, 0.3) is 0 Å². The van der Waals surface area contributed by atoms with E-state index in [2.05, 4.69) is 29.2 Å². The Labute approximate surface area is 110 Å². The van der Waals surface area contributed by atoms with Crippen molar-refractivity contribution in [3.8, 4) is 0 Å². The van der Waals surface area contributed by atoms with Crippen LogP contribution in [-0.2, 0) is 6.42 Å². The minimum atomic E-state index is -0.518. The van der Waals surface area contributed by atoms with E-state index in [4.69, 9.17) is 0 Å². The first-order valence-corrected chi connectivity index (χ1v) is 6.76. The summed E-state index contributed by atoms with van der Waals surface area (Å²) in [5.41, 5.74) is 1.16. The number of aliphatic hydroxyl groups is 1. The molecule has 0 aliphatic rings. The first-order valence-electron chi connectivity index (χ1n) is 5.89. The number of benzene rings is 2. The molecule has 3 rings (SSSR count). The fourth-order valence-corrected chi connectivity index (χ4v) is 2.79. The molecule has 1 N–H and O–H groups in total. The summed E-state index contributed by atoms with van der Waals surface area (Å²) in [6.07, 6.45) is 1.82. The minimum Gasteiger partial charge on any atom is -0.386 e. The lowest BCUT2D eigenvalue weighted by molar-refractivity contribution is 0.178. The van der Waals surface area contributed by atoms with Crippen LogP contribution in [-0.4, -0.2) is 10.1 Å². The fraction of sp³-hybridized carbons (Fsp3) is 0.133. The normalized spacial score (nSPS) is 12.7. The van der Waals surface area contributed by atoms with Crippen molar-refractivity contribution < 1.29 is 5.11 Å². The molecule has 18 heavy (non-hydrogen) atoms. The molecule has 1 aromatic heterocycles. The van der Waals surface area contributed by atoms with E-state index in [9.17, 15) is 5.11 Å². The van der Waals surface area contributed by atoms with Crippen molar-refractivity contribution in [1.82, 2.24) is 4.98 Å². The van der Waals surface area contributed by atoms with Crippen LogP contribution in [0.25, 0.3) is 10.8 Å². The topological polar surface area (TPSA) is 33.1 Å². The second kappa shape index (κ2) is 4.88. The first kappa shape index (κ1) is 11.4. The van der Waals surface area contributed by atoms with Gasteiger partial charge >= 0.3 is 0 Å². The predicted molar refractivity (Wildman–Crippen MR) is 74.7 cm³/mol. The van der Waals surface area contributed by atoms with Crippen LogP contribution in [0.5, 0.6) is 0 Å². The fourth-order valence-electron chi connectivity index (χ4n) is 2.17. The van der Waals surface area contributed by atoms with Gasteiger partial charge in [-0.2, -0.15) is 0 Å². The summed E-state index contributed by atoms with van der Waals surface area (Å²) in [6.45, 7) is 0. The molecule has 1 atom stereocenters. The molecule has 0 spiro atoms. The zero-order valence-corrected chi connectivity index (χ0v) is 10.6. The number of aliphatic hydroxyl groups excluding tert-OH is 1. The van der Waals surface area contributed by atoms with Crippen molar-refractivity contribution in [3.05, 3.63) is 64.6 Å². The quantitative estimate of drug-likeness (QED) is 0.776. The average Bonchev–Trinajstić information content (AvgIpc) is 2.93. The highest BCUT2D eigenvalue weighted by molar-refractivity contribution is 7.09. The Balaban J connectivity index is 1.95. The summed E-state index contributed by atoms with van der Waals surface area (Å²) in [5, 5.41) is 15.3. The Morgan fingerprint density at radius 1 is 1.11 bits per heavy atom. The van der Waals surface area contributed by atoms with Crippen LogP contribution in [0.1, 0.15) is 16.7 Å². The van der Waals surface area contributed by atoms with Gasteiger partial charge in [-0.3, -0.25) is 0 Å². The number of thiazole rings is 1. The highest BCUT2D eigenvalue weighted by Crippen LogP contribution is 2.25. The monoisotopic (exact) mass is 255 g/mol. The Hall–Kier alpha value is -1.71. The number of aromatic nitrogens is 1. The van der Waals surface area contributed by atoms with Gasteiger partial charge < -0.3 is 5.11 Å². The summed E-state index contributed by atoms with van der Waals surface area (Å²) in [7, 11) is 0. The van der Waals surface area contributed by atoms with Gasteiger partial charge in [0.2, 0.25) is 0 Å². The Morgan fingerprint density at radius 3 is 2.78 bits per heavy atom. The van der Waals surface area contributed by atoms with E-state index in [-0.39, 0.29) is 0 Å². The first-order chi connectivity index (χ1) is 8.84. The Morgan fingerprint density at radius 2 is 1.94 bits per heavy atom. The lowest BCUT2D eigenvalue weighted by Gasteiger charge is -2.10. The number of hydrogen-bond acceptors (Lipinski definition) is 3. The van der Waals surface area contributed by atoms with Crippen LogP contribution in [0, 0.1) is 0 Å². The third-order valence-corrected chi connectivity index (χ3v) is 3.91. The maximum atomic E-state index is 10.2. The van der Waals surface area contributed by atoms with E-state index >= 15 is 0 Å². The van der Waals surface area contributed by atoms with Crippen molar-refractivity contribution >= 4 is 22.1 Å². The third kappa shape index (κ3) is 2.15. The number of nitrogens with zero attached hydrogens (tertiary/aromatic N) is 1. The zero-order valence-electron chi connectivity index (χ0n) is 9.78. The molecule has 0 saturated heterocycles. The molecule has 90 valence electrons. The summed E-state index contributed by atoms with van der Waals surface area (Å²) in [6, 6.07) is 14.4. The van der Waals surface area contributed by atoms with Gasteiger partial charge in [0.1, 0.15) is 11.1 Å². The summed E-state index contributed by atoms with van der Waals surface area (Å²) in [5.74, 6) is 0. The molecule has 1 heterocycles. The Kier molecular flexibility index (Phi) is 3.09. The van der Waals surface area contributed by atoms with Crippen LogP contribution < -0.4 is 0 Å². The van der Waals surface area contributed by atoms with Crippen LogP contribution in [0.15, 0.2) is 54.0 Å². The van der Waals surface area contributed by atoms with Crippen LogP contribution >= 0.6 is 11.3 Å². The molecule has 1 unspecified atom stereocenters. The van der Waals surface area contributed by atoms with E-state index < -0.39 is 6.10 Å². The highest BCUT2D eigenvalue weighted by atomic mass is 32.1. The van der Waals surface area contributed by atoms with E-state index in [1.165, 1.54) is 22.1 Å². The molecule has 3 heteroatoms. The molecule has 0 amide bonds. The van der Waals surface area contributed by atoms with Gasteiger partial charge in [-0.15, -0.1) is 11.3 Å². The maximum Gasteiger partial charge on any atom is 0.121 e. The highest BCUT2D eigenvalue weighted by Gasteiger charge is 2.12. The van der Waals surface area contributed by atoms with Crippen molar-refractivity contribution in [3.63, 3.8) is 0 Å². The summed E-state index contributed by atoms with van der Waals surface area (Å²) < 4.78 is 0. The second-order valence-electron chi connectivity index (χ2n) is 4.23. The van der Waals surface area contributed by atoms with Crippen LogP contribution in [0.2, 0.25) is 0 Å². The van der Waals surface area contributed by atoms with E-state index in [0.29, 0.717) is 6.42 Å². The van der Waals surface area contributed by atoms with Gasteiger partial charge in [0, 0.05) is 18.0 Å². The van der Waals surface area contributed by atoms with Crippen molar-refractivity contribution in [1.29, 1.82) is 0 Å². The number of fused-ring (bicyclic) bond motifs is 1. The Bertz CT molecular complexity index is 643. The largest absolute Gasteiger partial charge is 0.386 e. The molecule has 2 aromatic carbocycles. The van der Waals surface area contributed by atoms with E-state index in [1.807, 2.05) is 23.6 Å². The number of rotatable bonds is 3. The summed E-state index contributed by atoms with van der Waals surface area (Å²) in [4.78, 5) is 4.16. The predicted octanol–water partition coefficient (Wildman–Crippen LogP) is 3.57. The molecule has 0 fully saturated rings. The lowest BCUT2D eigenvalue weighted by Crippen LogP contribution is -2.01. The van der Waals surface area contributed by atoms with Gasteiger partial charge in [-0.25, -0.2) is 4.98 Å². The molecule has 0 aliphatic heterocycles. The standard InChI is InChI=1S/C15H13NOS/c17-14(15-16-8-9-18-15)10-12-6-3-5-11-4-1-2-7-13(11)12/h1-9,14,17H,10H2. The zero-order chi connectivity index (χ0) is 12.4. The third-order valence-electron chi connectivity index (χ3n) is 3.03. The summed E-state index contributed by atoms with van der Waals surface area (Å²) >= 11 is 1.49. The smallest absolute Gasteiger partial charge is 0.121 e. The van der Waals surface area contributed by atoms with E-state index in [1.54, 1.807) is 6.20 Å². The van der Waals surface area contributed by atoms with Gasteiger partial charge in [0.15, 0.2) is 0 Å². The van der Waals surface area contributed by atoms with Gasteiger partial charge in [-0.05, 0) is 16.3 Å².